The van der Waals surface area contributed by atoms with Crippen molar-refractivity contribution in [1.29, 1.82) is 0 Å². The first-order valence-corrected chi connectivity index (χ1v) is 6.43. The molecule has 18 heavy (non-hydrogen) atoms. The number of hydrogen-bond acceptors (Lipinski definition) is 3. The van der Waals surface area contributed by atoms with E-state index < -0.39 is 5.91 Å². The fourth-order valence-electron chi connectivity index (χ4n) is 2.59. The minimum Gasteiger partial charge on any atom is -0.397 e. The largest absolute Gasteiger partial charge is 0.397 e. The van der Waals surface area contributed by atoms with Crippen LogP contribution in [0.5, 0.6) is 0 Å². The van der Waals surface area contributed by atoms with Gasteiger partial charge in [0.2, 0.25) is 5.91 Å². The summed E-state index contributed by atoms with van der Waals surface area (Å²) in [6.07, 6.45) is 5.15. The number of amides is 1. The molecule has 1 fully saturated rings. The van der Waals surface area contributed by atoms with E-state index in [1.807, 2.05) is 6.07 Å². The molecule has 0 saturated heterocycles. The van der Waals surface area contributed by atoms with Gasteiger partial charge in [0.15, 0.2) is 0 Å². The van der Waals surface area contributed by atoms with Gasteiger partial charge < -0.3 is 16.8 Å². The first kappa shape index (κ1) is 12.7. The third kappa shape index (κ3) is 2.75. The van der Waals surface area contributed by atoms with E-state index in [2.05, 4.69) is 12.2 Å². The summed E-state index contributed by atoms with van der Waals surface area (Å²) in [5.74, 6) is -0.448. The molecule has 1 saturated carbocycles. The van der Waals surface area contributed by atoms with Crippen LogP contribution < -0.4 is 16.8 Å². The van der Waals surface area contributed by atoms with E-state index in [1.54, 1.807) is 12.1 Å². The quantitative estimate of drug-likeness (QED) is 0.714. The third-order valence-electron chi connectivity index (χ3n) is 3.85. The van der Waals surface area contributed by atoms with Gasteiger partial charge in [0.1, 0.15) is 0 Å². The molecule has 1 aromatic carbocycles. The number of rotatable bonds is 4. The van der Waals surface area contributed by atoms with Gasteiger partial charge in [-0.15, -0.1) is 0 Å². The summed E-state index contributed by atoms with van der Waals surface area (Å²) >= 11 is 0. The third-order valence-corrected chi connectivity index (χ3v) is 3.85. The molecule has 0 aliphatic heterocycles. The molecular formula is C14H21N3O. The van der Waals surface area contributed by atoms with Gasteiger partial charge >= 0.3 is 0 Å². The van der Waals surface area contributed by atoms with E-state index in [0.29, 0.717) is 16.7 Å². The van der Waals surface area contributed by atoms with Crippen LogP contribution in [0.4, 0.5) is 11.4 Å². The van der Waals surface area contributed by atoms with Crippen molar-refractivity contribution in [3.63, 3.8) is 0 Å². The minimum atomic E-state index is -0.448. The number of hydrogen-bond donors (Lipinski definition) is 3. The van der Waals surface area contributed by atoms with Gasteiger partial charge in [-0.2, -0.15) is 0 Å². The van der Waals surface area contributed by atoms with Gasteiger partial charge in [0.25, 0.3) is 0 Å². The Hall–Kier alpha value is -1.71. The number of benzene rings is 1. The lowest BCUT2D eigenvalue weighted by Gasteiger charge is -2.25. The first-order chi connectivity index (χ1) is 8.50. The normalized spacial score (nSPS) is 17.6. The van der Waals surface area contributed by atoms with Crippen LogP contribution in [0.3, 0.4) is 0 Å². The molecule has 0 aromatic heterocycles. The van der Waals surface area contributed by atoms with Crippen LogP contribution in [0.25, 0.3) is 0 Å². The number of carbonyl (C=O) groups is 1. The average molecular weight is 247 g/mol. The van der Waals surface area contributed by atoms with E-state index in [0.717, 1.165) is 12.2 Å². The number of nitrogens with two attached hydrogens (primary N) is 2. The van der Waals surface area contributed by atoms with Crippen LogP contribution in [-0.4, -0.2) is 12.5 Å². The molecule has 1 aliphatic carbocycles. The van der Waals surface area contributed by atoms with Crippen LogP contribution in [0.2, 0.25) is 0 Å². The lowest BCUT2D eigenvalue weighted by molar-refractivity contribution is 0.100. The molecule has 1 aromatic rings. The average Bonchev–Trinajstić information content (AvgIpc) is 2.75. The Morgan fingerprint density at radius 2 is 2.06 bits per heavy atom. The lowest BCUT2D eigenvalue weighted by atomic mass is 9.89. The molecule has 1 aliphatic rings. The maximum Gasteiger partial charge on any atom is 0.248 e. The first-order valence-electron chi connectivity index (χ1n) is 6.43. The zero-order chi connectivity index (χ0) is 13.2. The molecule has 0 unspecified atom stereocenters. The highest BCUT2D eigenvalue weighted by Gasteiger charge is 2.28. The lowest BCUT2D eigenvalue weighted by Crippen LogP contribution is -2.23. The second-order valence-electron chi connectivity index (χ2n) is 5.54. The summed E-state index contributed by atoms with van der Waals surface area (Å²) < 4.78 is 0. The van der Waals surface area contributed by atoms with Gasteiger partial charge in [-0.1, -0.05) is 19.8 Å². The van der Waals surface area contributed by atoms with Gasteiger partial charge in [-0.05, 0) is 36.5 Å². The minimum absolute atomic E-state index is 0.370. The van der Waals surface area contributed by atoms with Gasteiger partial charge in [0.05, 0.1) is 11.4 Å². The second kappa shape index (κ2) is 4.88. The molecule has 4 nitrogen and oxygen atoms in total. The molecule has 0 heterocycles. The van der Waals surface area contributed by atoms with E-state index in [4.69, 9.17) is 11.5 Å². The van der Waals surface area contributed by atoms with Crippen molar-refractivity contribution in [2.24, 2.45) is 11.1 Å². The van der Waals surface area contributed by atoms with Crippen LogP contribution in [0, 0.1) is 5.41 Å². The molecule has 98 valence electrons. The predicted octanol–water partition coefficient (Wildman–Crippen LogP) is 2.36. The highest BCUT2D eigenvalue weighted by Crippen LogP contribution is 2.37. The van der Waals surface area contributed by atoms with Crippen LogP contribution in [0.15, 0.2) is 18.2 Å². The Labute approximate surface area is 108 Å². The highest BCUT2D eigenvalue weighted by molar-refractivity contribution is 5.94. The van der Waals surface area contributed by atoms with Gasteiger partial charge in [0, 0.05) is 12.1 Å². The fraction of sp³-hybridized carbons (Fsp3) is 0.500. The highest BCUT2D eigenvalue weighted by atomic mass is 16.1. The summed E-state index contributed by atoms with van der Waals surface area (Å²) in [5.41, 5.74) is 13.4. The molecule has 1 amide bonds. The van der Waals surface area contributed by atoms with Crippen molar-refractivity contribution in [3.05, 3.63) is 23.8 Å². The van der Waals surface area contributed by atoms with Crippen molar-refractivity contribution in [2.75, 3.05) is 17.6 Å². The zero-order valence-electron chi connectivity index (χ0n) is 10.8. The summed E-state index contributed by atoms with van der Waals surface area (Å²) in [5, 5.41) is 3.38. The molecular weight excluding hydrogens is 226 g/mol. The predicted molar refractivity (Wildman–Crippen MR) is 74.4 cm³/mol. The SMILES string of the molecule is CC1(CNc2ccc(C(N)=O)cc2N)CCCC1. The monoisotopic (exact) mass is 247 g/mol. The zero-order valence-corrected chi connectivity index (χ0v) is 10.8. The summed E-state index contributed by atoms with van der Waals surface area (Å²) in [6, 6.07) is 5.16. The van der Waals surface area contributed by atoms with Crippen molar-refractivity contribution in [3.8, 4) is 0 Å². The Balaban J connectivity index is 2.03. The Bertz CT molecular complexity index is 450. The Morgan fingerprint density at radius 3 is 2.61 bits per heavy atom. The summed E-state index contributed by atoms with van der Waals surface area (Å²) in [7, 11) is 0. The smallest absolute Gasteiger partial charge is 0.248 e. The van der Waals surface area contributed by atoms with Gasteiger partial charge in [-0.25, -0.2) is 0 Å². The Morgan fingerprint density at radius 1 is 1.39 bits per heavy atom. The molecule has 0 bridgehead atoms. The molecule has 0 spiro atoms. The Kier molecular flexibility index (Phi) is 3.45. The van der Waals surface area contributed by atoms with Crippen molar-refractivity contribution < 1.29 is 4.79 Å². The molecule has 0 radical (unpaired) electrons. The van der Waals surface area contributed by atoms with E-state index in [9.17, 15) is 4.79 Å². The topological polar surface area (TPSA) is 81.1 Å². The number of nitrogens with one attached hydrogen (secondary N) is 1. The maximum absolute atomic E-state index is 11.0. The maximum atomic E-state index is 11.0. The molecule has 5 N–H and O–H groups in total. The van der Waals surface area contributed by atoms with Crippen molar-refractivity contribution in [2.45, 2.75) is 32.6 Å². The standard InChI is InChI=1S/C14H21N3O/c1-14(6-2-3-7-14)9-17-12-5-4-10(13(16)18)8-11(12)15/h4-5,8,17H,2-3,6-7,9,15H2,1H3,(H2,16,18). The second-order valence-corrected chi connectivity index (χ2v) is 5.54. The van der Waals surface area contributed by atoms with E-state index >= 15 is 0 Å². The van der Waals surface area contributed by atoms with Crippen LogP contribution >= 0.6 is 0 Å². The van der Waals surface area contributed by atoms with Crippen LogP contribution in [0.1, 0.15) is 43.0 Å². The molecule has 4 heteroatoms. The number of anilines is 2. The summed E-state index contributed by atoms with van der Waals surface area (Å²) in [6.45, 7) is 3.23. The van der Waals surface area contributed by atoms with E-state index in [1.165, 1.54) is 25.7 Å². The number of nitrogen functional groups attached to an aromatic ring is 1. The van der Waals surface area contributed by atoms with Gasteiger partial charge in [-0.3, -0.25) is 4.79 Å². The molecule has 0 atom stereocenters. The molecule has 2 rings (SSSR count). The fourth-order valence-corrected chi connectivity index (χ4v) is 2.59. The van der Waals surface area contributed by atoms with Crippen molar-refractivity contribution >= 4 is 17.3 Å². The van der Waals surface area contributed by atoms with Crippen molar-refractivity contribution in [1.82, 2.24) is 0 Å². The van der Waals surface area contributed by atoms with E-state index in [-0.39, 0.29) is 0 Å². The number of carbonyl (C=O) groups excluding carboxylic acids is 1. The number of primary amides is 1. The van der Waals surface area contributed by atoms with Crippen LogP contribution in [-0.2, 0) is 0 Å². The summed E-state index contributed by atoms with van der Waals surface area (Å²) in [4.78, 5) is 11.0.